The number of aromatic nitrogens is 1. The third kappa shape index (κ3) is 7.00. The fraction of sp³-hybridized carbons (Fsp3) is 0.526. The molecule has 0 unspecified atom stereocenters. The Morgan fingerprint density at radius 1 is 0.935 bits per heavy atom. The zero-order valence-corrected chi connectivity index (χ0v) is 27.1. The van der Waals surface area contributed by atoms with Crippen LogP contribution in [0.25, 0.3) is 0 Å². The summed E-state index contributed by atoms with van der Waals surface area (Å²) < 4.78 is 13.3. The lowest BCUT2D eigenvalue weighted by Gasteiger charge is -2.56. The minimum absolute atomic E-state index is 0.0116. The number of urea groups is 1. The van der Waals surface area contributed by atoms with E-state index in [4.69, 9.17) is 9.47 Å². The van der Waals surface area contributed by atoms with Crippen LogP contribution in [-0.2, 0) is 22.5 Å². The first-order valence-corrected chi connectivity index (χ1v) is 17.1. The Balaban J connectivity index is 1.02. The van der Waals surface area contributed by atoms with Crippen molar-refractivity contribution in [1.82, 2.24) is 15.2 Å². The summed E-state index contributed by atoms with van der Waals surface area (Å²) in [6.45, 7) is 3.82. The molecular formula is C38H48N4O4. The molecule has 2 amide bonds. The van der Waals surface area contributed by atoms with E-state index in [2.05, 4.69) is 40.6 Å². The molecule has 1 aromatic heterocycles. The summed E-state index contributed by atoms with van der Waals surface area (Å²) in [4.78, 5) is 19.9. The number of carbonyl (C=O) groups excluding carboxylic acids is 1. The smallest absolute Gasteiger partial charge is 0.319 e. The van der Waals surface area contributed by atoms with Crippen molar-refractivity contribution in [2.24, 2.45) is 23.7 Å². The molecule has 1 saturated heterocycles. The van der Waals surface area contributed by atoms with Crippen molar-refractivity contribution in [3.63, 3.8) is 0 Å². The van der Waals surface area contributed by atoms with Gasteiger partial charge < -0.3 is 30.1 Å². The number of likely N-dealkylation sites (N-methyl/N-ethyl adjacent to an activating group) is 1. The van der Waals surface area contributed by atoms with Gasteiger partial charge in [-0.2, -0.15) is 0 Å². The number of nitrogens with one attached hydrogen (secondary N) is 2. The fourth-order valence-electron chi connectivity index (χ4n) is 8.97. The molecule has 3 aromatic rings. The van der Waals surface area contributed by atoms with Crippen LogP contribution >= 0.6 is 0 Å². The van der Waals surface area contributed by atoms with Crippen LogP contribution in [0.15, 0.2) is 72.9 Å². The van der Waals surface area contributed by atoms with E-state index in [9.17, 15) is 9.90 Å². The maximum absolute atomic E-state index is 13.2. The van der Waals surface area contributed by atoms with Gasteiger partial charge in [0.05, 0.1) is 18.8 Å². The third-order valence-corrected chi connectivity index (χ3v) is 10.9. The Kier molecular flexibility index (Phi) is 9.14. The van der Waals surface area contributed by atoms with Crippen molar-refractivity contribution in [3.8, 4) is 0 Å². The molecular weight excluding hydrogens is 576 g/mol. The lowest BCUT2D eigenvalue weighted by atomic mass is 9.53. The fourth-order valence-corrected chi connectivity index (χ4v) is 8.97. The van der Waals surface area contributed by atoms with Crippen molar-refractivity contribution >= 4 is 11.7 Å². The molecule has 46 heavy (non-hydrogen) atoms. The Bertz CT molecular complexity index is 1430. The molecule has 244 valence electrons. The van der Waals surface area contributed by atoms with E-state index >= 15 is 0 Å². The van der Waals surface area contributed by atoms with Gasteiger partial charge in [0.25, 0.3) is 0 Å². The molecule has 4 aliphatic carbocycles. The molecule has 4 bridgehead atoms. The first kappa shape index (κ1) is 31.3. The Hall–Kier alpha value is -3.30. The molecule has 0 radical (unpaired) electrons. The summed E-state index contributed by atoms with van der Waals surface area (Å²) in [7, 11) is 2.13. The molecule has 0 spiro atoms. The average molecular weight is 625 g/mol. The van der Waals surface area contributed by atoms with E-state index < -0.39 is 6.29 Å². The van der Waals surface area contributed by atoms with Crippen LogP contribution in [0.5, 0.6) is 0 Å². The predicted octanol–water partition coefficient (Wildman–Crippen LogP) is 6.63. The van der Waals surface area contributed by atoms with Gasteiger partial charge in [-0.05, 0) is 98.7 Å². The number of rotatable bonds is 10. The number of pyridine rings is 1. The first-order valence-electron chi connectivity index (χ1n) is 17.1. The Labute approximate surface area is 272 Å². The molecule has 3 N–H and O–H groups in total. The predicted molar refractivity (Wildman–Crippen MR) is 178 cm³/mol. The molecule has 1 aliphatic heterocycles. The van der Waals surface area contributed by atoms with Gasteiger partial charge in [0.2, 0.25) is 0 Å². The van der Waals surface area contributed by atoms with Crippen molar-refractivity contribution in [2.45, 2.75) is 82.5 Å². The normalized spacial score (nSPS) is 31.6. The SMILES string of the molecule is C[C@H]1[C@@H](CN(C)CCc2ccccn2)O[C@@H](c2ccc(NC(=O)NC34CC5CC(CC(C5)C3)C4)cc2)O[C@H]1c1ccc(CO)cc1. The van der Waals surface area contributed by atoms with E-state index in [1.807, 2.05) is 66.9 Å². The Morgan fingerprint density at radius 2 is 1.61 bits per heavy atom. The van der Waals surface area contributed by atoms with Gasteiger partial charge in [-0.15, -0.1) is 0 Å². The number of hydrogen-bond donors (Lipinski definition) is 3. The molecule has 5 fully saturated rings. The molecule has 4 saturated carbocycles. The summed E-state index contributed by atoms with van der Waals surface area (Å²) in [5.41, 5.74) is 4.67. The van der Waals surface area contributed by atoms with Crippen LogP contribution in [-0.4, -0.2) is 52.8 Å². The maximum atomic E-state index is 13.2. The molecule has 8 rings (SSSR count). The lowest BCUT2D eigenvalue weighted by Crippen LogP contribution is -2.60. The van der Waals surface area contributed by atoms with E-state index in [0.717, 1.165) is 84.6 Å². The highest BCUT2D eigenvalue weighted by molar-refractivity contribution is 5.89. The third-order valence-electron chi connectivity index (χ3n) is 10.9. The molecule has 5 aliphatic rings. The Morgan fingerprint density at radius 3 is 2.24 bits per heavy atom. The molecule has 2 heterocycles. The number of aliphatic hydroxyl groups excluding tert-OH is 1. The largest absolute Gasteiger partial charge is 0.392 e. The number of anilines is 1. The second-order valence-corrected chi connectivity index (χ2v) is 14.6. The molecule has 4 atom stereocenters. The monoisotopic (exact) mass is 624 g/mol. The number of amides is 2. The number of benzene rings is 2. The van der Waals surface area contributed by atoms with Crippen LogP contribution in [0.4, 0.5) is 10.5 Å². The van der Waals surface area contributed by atoms with Crippen molar-refractivity contribution in [1.29, 1.82) is 0 Å². The summed E-state index contributed by atoms with van der Waals surface area (Å²) in [5.74, 6) is 2.45. The van der Waals surface area contributed by atoms with Crippen LogP contribution in [0.2, 0.25) is 0 Å². The standard InChI is InChI=1S/C38H48N4O4/c1-25-34(23-42(2)16-14-32-5-3-4-15-39-32)45-36(46-35(25)30-8-6-26(24-43)7-9-30)31-10-12-33(13-11-31)40-37(44)41-38-20-27-17-28(21-38)19-29(18-27)22-38/h3-13,15,25,27-29,34-36,43H,14,16-24H2,1-2H3,(H2,40,41,44)/t25-,27?,28?,29?,34+,35+,36+,38?/m0/s1. The van der Waals surface area contributed by atoms with Crippen LogP contribution in [0.1, 0.15) is 80.2 Å². The summed E-state index contributed by atoms with van der Waals surface area (Å²) >= 11 is 0. The molecule has 8 nitrogen and oxygen atoms in total. The van der Waals surface area contributed by atoms with Gasteiger partial charge in [0, 0.05) is 54.1 Å². The zero-order chi connectivity index (χ0) is 31.7. The van der Waals surface area contributed by atoms with Crippen LogP contribution in [0, 0.1) is 23.7 Å². The number of ether oxygens (including phenoxy) is 2. The van der Waals surface area contributed by atoms with Crippen molar-refractivity contribution in [2.75, 3.05) is 25.5 Å². The molecule has 2 aromatic carbocycles. The number of hydrogen-bond acceptors (Lipinski definition) is 6. The van der Waals surface area contributed by atoms with E-state index in [-0.39, 0.29) is 36.3 Å². The van der Waals surface area contributed by atoms with Gasteiger partial charge >= 0.3 is 6.03 Å². The van der Waals surface area contributed by atoms with E-state index in [1.54, 1.807) is 0 Å². The van der Waals surface area contributed by atoms with Crippen LogP contribution in [0.3, 0.4) is 0 Å². The summed E-state index contributed by atoms with van der Waals surface area (Å²) in [6.07, 6.45) is 9.35. The highest BCUT2D eigenvalue weighted by atomic mass is 16.7. The maximum Gasteiger partial charge on any atom is 0.319 e. The number of nitrogens with zero attached hydrogens (tertiary/aromatic N) is 2. The van der Waals surface area contributed by atoms with Crippen LogP contribution < -0.4 is 10.6 Å². The topological polar surface area (TPSA) is 96.0 Å². The number of aliphatic hydroxyl groups is 1. The summed E-state index contributed by atoms with van der Waals surface area (Å²) in [5, 5.41) is 16.1. The van der Waals surface area contributed by atoms with Gasteiger partial charge in [0.1, 0.15) is 0 Å². The first-order chi connectivity index (χ1) is 22.3. The molecule has 8 heteroatoms. The van der Waals surface area contributed by atoms with E-state index in [1.165, 1.54) is 19.3 Å². The second kappa shape index (κ2) is 13.4. The quantitative estimate of drug-likeness (QED) is 0.234. The highest BCUT2D eigenvalue weighted by Crippen LogP contribution is 2.55. The van der Waals surface area contributed by atoms with Crippen molar-refractivity contribution in [3.05, 3.63) is 95.3 Å². The summed E-state index contributed by atoms with van der Waals surface area (Å²) in [6, 6.07) is 21.8. The highest BCUT2D eigenvalue weighted by Gasteiger charge is 2.51. The van der Waals surface area contributed by atoms with E-state index in [0.29, 0.717) is 0 Å². The minimum atomic E-state index is -0.553. The van der Waals surface area contributed by atoms with Gasteiger partial charge in [-0.25, -0.2) is 4.79 Å². The lowest BCUT2D eigenvalue weighted by molar-refractivity contribution is -0.275. The minimum Gasteiger partial charge on any atom is -0.392 e. The van der Waals surface area contributed by atoms with Gasteiger partial charge in [-0.1, -0.05) is 49.4 Å². The number of carbonyl (C=O) groups is 1. The van der Waals surface area contributed by atoms with Crippen molar-refractivity contribution < 1.29 is 19.4 Å². The zero-order valence-electron chi connectivity index (χ0n) is 27.1. The van der Waals surface area contributed by atoms with Gasteiger partial charge in [0.15, 0.2) is 6.29 Å². The van der Waals surface area contributed by atoms with Gasteiger partial charge in [-0.3, -0.25) is 4.98 Å². The second-order valence-electron chi connectivity index (χ2n) is 14.6. The average Bonchev–Trinajstić information content (AvgIpc) is 3.05.